The number of anilines is 1. The maximum absolute atomic E-state index is 11.9. The molecular formula is C16H25BN2O5. The fourth-order valence-corrected chi connectivity index (χ4v) is 2.16. The topological polar surface area (TPSA) is 89.7 Å². The van der Waals surface area contributed by atoms with Gasteiger partial charge >= 0.3 is 13.2 Å². The zero-order valence-corrected chi connectivity index (χ0v) is 15.3. The van der Waals surface area contributed by atoms with Gasteiger partial charge in [0, 0.05) is 6.07 Å². The number of nitrogens with one attached hydrogen (secondary N) is 2. The van der Waals surface area contributed by atoms with Crippen LogP contribution in [0.1, 0.15) is 48.5 Å². The monoisotopic (exact) mass is 336 g/mol. The molecule has 0 aromatic carbocycles. The minimum Gasteiger partial charge on any atom is -0.444 e. The molecule has 1 fully saturated rings. The highest BCUT2D eigenvalue weighted by molar-refractivity contribution is 6.61. The van der Waals surface area contributed by atoms with Crippen LogP contribution in [0.2, 0.25) is 0 Å². The van der Waals surface area contributed by atoms with Crippen molar-refractivity contribution in [3.05, 3.63) is 22.5 Å². The molecule has 7 nitrogen and oxygen atoms in total. The molecule has 0 unspecified atom stereocenters. The van der Waals surface area contributed by atoms with E-state index in [2.05, 4.69) is 10.3 Å². The minimum atomic E-state index is -0.719. The van der Waals surface area contributed by atoms with Gasteiger partial charge in [-0.3, -0.25) is 10.1 Å². The van der Waals surface area contributed by atoms with Crippen molar-refractivity contribution in [3.63, 3.8) is 0 Å². The number of H-pyrrole nitrogens is 1. The summed E-state index contributed by atoms with van der Waals surface area (Å²) in [5, 5.41) is 2.55. The van der Waals surface area contributed by atoms with E-state index in [1.165, 1.54) is 6.07 Å². The van der Waals surface area contributed by atoms with Crippen LogP contribution in [0.3, 0.4) is 0 Å². The van der Waals surface area contributed by atoms with Gasteiger partial charge in [0.1, 0.15) is 5.60 Å². The van der Waals surface area contributed by atoms with E-state index in [-0.39, 0.29) is 5.56 Å². The highest BCUT2D eigenvalue weighted by Crippen LogP contribution is 2.36. The van der Waals surface area contributed by atoms with E-state index in [1.807, 2.05) is 27.7 Å². The summed E-state index contributed by atoms with van der Waals surface area (Å²) in [7, 11) is -0.719. The van der Waals surface area contributed by atoms with E-state index in [4.69, 9.17) is 14.0 Å². The number of hydrogen-bond donors (Lipinski definition) is 2. The van der Waals surface area contributed by atoms with Crippen LogP contribution in [0.5, 0.6) is 0 Å². The van der Waals surface area contributed by atoms with Gasteiger partial charge in [-0.2, -0.15) is 0 Å². The number of hydrogen-bond acceptors (Lipinski definition) is 5. The molecule has 0 aliphatic carbocycles. The van der Waals surface area contributed by atoms with Gasteiger partial charge in [-0.1, -0.05) is 0 Å². The van der Waals surface area contributed by atoms with Crippen molar-refractivity contribution in [2.75, 3.05) is 5.32 Å². The Kier molecular flexibility index (Phi) is 4.58. The summed E-state index contributed by atoms with van der Waals surface area (Å²) in [5.74, 6) is 0. The van der Waals surface area contributed by atoms with Gasteiger partial charge in [0.25, 0.3) is 0 Å². The number of aromatic amines is 1. The van der Waals surface area contributed by atoms with Gasteiger partial charge in [-0.15, -0.1) is 0 Å². The first kappa shape index (κ1) is 18.5. The molecule has 1 aromatic heterocycles. The third kappa shape index (κ3) is 4.18. The molecule has 0 spiro atoms. The molecule has 0 bridgehead atoms. The first-order valence-corrected chi connectivity index (χ1v) is 7.89. The van der Waals surface area contributed by atoms with Crippen molar-refractivity contribution >= 4 is 24.5 Å². The fourth-order valence-electron chi connectivity index (χ4n) is 2.16. The smallest absolute Gasteiger partial charge is 0.444 e. The molecule has 1 saturated heterocycles. The molecule has 2 rings (SSSR count). The second-order valence-electron chi connectivity index (χ2n) is 7.90. The highest BCUT2D eigenvalue weighted by Gasteiger charge is 2.52. The molecule has 2 heterocycles. The third-order valence-electron chi connectivity index (χ3n) is 4.02. The average Bonchev–Trinajstić information content (AvgIpc) is 2.55. The molecule has 2 N–H and O–H groups in total. The molecule has 1 aliphatic heterocycles. The first-order chi connectivity index (χ1) is 10.8. The average molecular weight is 336 g/mol. The van der Waals surface area contributed by atoms with Gasteiger partial charge in [0.15, 0.2) is 0 Å². The highest BCUT2D eigenvalue weighted by atomic mass is 16.7. The Balaban J connectivity index is 2.21. The predicted octanol–water partition coefficient (Wildman–Crippen LogP) is 2.02. The Labute approximate surface area is 142 Å². The second-order valence-corrected chi connectivity index (χ2v) is 7.90. The van der Waals surface area contributed by atoms with E-state index in [0.717, 1.165) is 0 Å². The van der Waals surface area contributed by atoms with Gasteiger partial charge in [0.2, 0.25) is 5.56 Å². The molecule has 1 amide bonds. The van der Waals surface area contributed by atoms with Gasteiger partial charge in [-0.05, 0) is 54.5 Å². The summed E-state index contributed by atoms with van der Waals surface area (Å²) >= 11 is 0. The van der Waals surface area contributed by atoms with Crippen molar-refractivity contribution in [3.8, 4) is 0 Å². The van der Waals surface area contributed by atoms with Gasteiger partial charge < -0.3 is 19.0 Å². The number of rotatable bonds is 2. The number of amides is 1. The van der Waals surface area contributed by atoms with Gasteiger partial charge in [0.05, 0.1) is 22.5 Å². The normalized spacial score (nSPS) is 19.2. The lowest BCUT2D eigenvalue weighted by molar-refractivity contribution is 0.00578. The Morgan fingerprint density at radius 1 is 1.17 bits per heavy atom. The van der Waals surface area contributed by atoms with Crippen LogP contribution in [-0.2, 0) is 14.0 Å². The van der Waals surface area contributed by atoms with Crippen LogP contribution >= 0.6 is 0 Å². The molecule has 132 valence electrons. The lowest BCUT2D eigenvalue weighted by atomic mass is 9.84. The van der Waals surface area contributed by atoms with E-state index in [0.29, 0.717) is 11.3 Å². The summed E-state index contributed by atoms with van der Waals surface area (Å²) in [6, 6.07) is 2.88. The maximum Gasteiger partial charge on any atom is 0.512 e. The van der Waals surface area contributed by atoms with Crippen molar-refractivity contribution < 1.29 is 18.8 Å². The van der Waals surface area contributed by atoms with Crippen LogP contribution in [0, 0.1) is 0 Å². The Morgan fingerprint density at radius 2 is 1.71 bits per heavy atom. The van der Waals surface area contributed by atoms with Crippen molar-refractivity contribution in [2.45, 2.75) is 65.3 Å². The lowest BCUT2D eigenvalue weighted by Gasteiger charge is -2.32. The maximum atomic E-state index is 11.9. The SMILES string of the molecule is CC(C)(C)OC(=O)Nc1cc(B2OC(C)(C)C(C)(C)O2)[nH]c(=O)c1. The lowest BCUT2D eigenvalue weighted by Crippen LogP contribution is -2.41. The number of pyridine rings is 1. The molecule has 0 radical (unpaired) electrons. The van der Waals surface area contributed by atoms with Crippen molar-refractivity contribution in [1.29, 1.82) is 0 Å². The standard InChI is InChI=1S/C16H25BN2O5/c1-14(2,3)22-13(21)18-10-8-11(19-12(20)9-10)17-23-15(4,5)16(6,7)24-17/h8-9H,1-7H3,(H2,18,19,20,21). The third-order valence-corrected chi connectivity index (χ3v) is 4.02. The molecule has 0 atom stereocenters. The van der Waals surface area contributed by atoms with Crippen LogP contribution < -0.4 is 16.5 Å². The quantitative estimate of drug-likeness (QED) is 0.807. The number of carbonyl (C=O) groups excluding carboxylic acids is 1. The molecule has 24 heavy (non-hydrogen) atoms. The zero-order chi connectivity index (χ0) is 18.3. The fraction of sp³-hybridized carbons (Fsp3) is 0.625. The molecule has 1 aliphatic rings. The molecule has 0 saturated carbocycles. The minimum absolute atomic E-state index is 0.317. The number of aromatic nitrogens is 1. The van der Waals surface area contributed by atoms with Crippen molar-refractivity contribution in [1.82, 2.24) is 4.98 Å². The predicted molar refractivity (Wildman–Crippen MR) is 92.6 cm³/mol. The second kappa shape index (κ2) is 5.93. The molecule has 8 heteroatoms. The van der Waals surface area contributed by atoms with Crippen LogP contribution in [0.4, 0.5) is 10.5 Å². The van der Waals surface area contributed by atoms with Crippen LogP contribution in [0.15, 0.2) is 16.9 Å². The summed E-state index contributed by atoms with van der Waals surface area (Å²) in [5.41, 5.74) is -1.29. The number of ether oxygens (including phenoxy) is 1. The Bertz CT molecular complexity index is 674. The summed E-state index contributed by atoms with van der Waals surface area (Å²) in [6.07, 6.45) is -0.632. The van der Waals surface area contributed by atoms with E-state index in [1.54, 1.807) is 26.8 Å². The first-order valence-electron chi connectivity index (χ1n) is 7.89. The van der Waals surface area contributed by atoms with Gasteiger partial charge in [-0.25, -0.2) is 4.79 Å². The Morgan fingerprint density at radius 3 is 2.21 bits per heavy atom. The zero-order valence-electron chi connectivity index (χ0n) is 15.3. The van der Waals surface area contributed by atoms with Crippen LogP contribution in [0.25, 0.3) is 0 Å². The summed E-state index contributed by atoms with van der Waals surface area (Å²) in [6.45, 7) is 13.0. The molecular weight excluding hydrogens is 311 g/mol. The largest absolute Gasteiger partial charge is 0.512 e. The van der Waals surface area contributed by atoms with Crippen LogP contribution in [-0.4, -0.2) is 35.0 Å². The van der Waals surface area contributed by atoms with E-state index >= 15 is 0 Å². The summed E-state index contributed by atoms with van der Waals surface area (Å²) in [4.78, 5) is 26.5. The number of carbonyl (C=O) groups is 1. The summed E-state index contributed by atoms with van der Waals surface area (Å²) < 4.78 is 17.0. The van der Waals surface area contributed by atoms with E-state index < -0.39 is 30.0 Å². The van der Waals surface area contributed by atoms with E-state index in [9.17, 15) is 9.59 Å². The van der Waals surface area contributed by atoms with Crippen molar-refractivity contribution in [2.24, 2.45) is 0 Å². The molecule has 1 aromatic rings. The Hall–Kier alpha value is -1.80.